The van der Waals surface area contributed by atoms with Crippen LogP contribution in [-0.2, 0) is 16.4 Å². The molecule has 5 nitrogen and oxygen atoms in total. The number of anilines is 1. The van der Waals surface area contributed by atoms with E-state index in [0.717, 1.165) is 23.3 Å². The molecule has 0 aliphatic carbocycles. The lowest BCUT2D eigenvalue weighted by Gasteiger charge is -2.18. The minimum absolute atomic E-state index is 0.118. The molecule has 0 saturated heterocycles. The van der Waals surface area contributed by atoms with Crippen molar-refractivity contribution in [2.24, 2.45) is 0 Å². The monoisotopic (exact) mass is 400 g/mol. The third-order valence-electron chi connectivity index (χ3n) is 4.12. The van der Waals surface area contributed by atoms with Gasteiger partial charge in [0.1, 0.15) is 0 Å². The molecule has 3 aromatic rings. The molecule has 1 amide bonds. The predicted molar refractivity (Wildman–Crippen MR) is 109 cm³/mol. The van der Waals surface area contributed by atoms with Crippen LogP contribution in [0.25, 0.3) is 0 Å². The smallest absolute Gasteiger partial charge is 0.264 e. The van der Waals surface area contributed by atoms with Gasteiger partial charge in [-0.1, -0.05) is 48.5 Å². The average molecular weight is 401 g/mol. The highest BCUT2D eigenvalue weighted by atomic mass is 32.2. The van der Waals surface area contributed by atoms with Gasteiger partial charge in [0, 0.05) is 19.0 Å². The molecule has 3 rings (SSSR count). The van der Waals surface area contributed by atoms with E-state index in [4.69, 9.17) is 0 Å². The summed E-state index contributed by atoms with van der Waals surface area (Å²) in [6, 6.07) is 20.1. The Kier molecular flexibility index (Phi) is 5.93. The van der Waals surface area contributed by atoms with E-state index >= 15 is 0 Å². The average Bonchev–Trinajstić information content (AvgIpc) is 3.20. The van der Waals surface area contributed by atoms with Gasteiger partial charge in [0.05, 0.1) is 15.5 Å². The molecule has 2 aromatic carbocycles. The van der Waals surface area contributed by atoms with Crippen molar-refractivity contribution in [3.63, 3.8) is 0 Å². The van der Waals surface area contributed by atoms with Crippen LogP contribution in [0, 0.1) is 0 Å². The van der Waals surface area contributed by atoms with Crippen LogP contribution in [0.5, 0.6) is 0 Å². The fourth-order valence-electron chi connectivity index (χ4n) is 2.56. The molecule has 0 aliphatic rings. The number of carbonyl (C=O) groups excluding carboxylic acids is 1. The van der Waals surface area contributed by atoms with E-state index in [1.165, 1.54) is 22.8 Å². The normalized spacial score (nSPS) is 11.1. The first-order valence-electron chi connectivity index (χ1n) is 8.43. The van der Waals surface area contributed by atoms with Crippen molar-refractivity contribution < 1.29 is 13.2 Å². The van der Waals surface area contributed by atoms with Crippen molar-refractivity contribution >= 4 is 33.0 Å². The van der Waals surface area contributed by atoms with Gasteiger partial charge in [-0.2, -0.15) is 0 Å². The Morgan fingerprint density at radius 3 is 2.33 bits per heavy atom. The van der Waals surface area contributed by atoms with Gasteiger partial charge in [-0.25, -0.2) is 8.42 Å². The van der Waals surface area contributed by atoms with Crippen molar-refractivity contribution in [2.45, 2.75) is 11.3 Å². The minimum atomic E-state index is -3.70. The van der Waals surface area contributed by atoms with E-state index in [1.54, 1.807) is 24.3 Å². The zero-order valence-electron chi connectivity index (χ0n) is 14.8. The van der Waals surface area contributed by atoms with Gasteiger partial charge in [-0.3, -0.25) is 9.10 Å². The first kappa shape index (κ1) is 19.1. The Morgan fingerprint density at radius 1 is 1.04 bits per heavy atom. The molecule has 0 radical (unpaired) electrons. The summed E-state index contributed by atoms with van der Waals surface area (Å²) in [6.07, 6.45) is 0.722. The maximum absolute atomic E-state index is 12.8. The van der Waals surface area contributed by atoms with E-state index in [-0.39, 0.29) is 10.8 Å². The van der Waals surface area contributed by atoms with Crippen LogP contribution in [0.2, 0.25) is 0 Å². The van der Waals surface area contributed by atoms with Gasteiger partial charge < -0.3 is 5.32 Å². The Morgan fingerprint density at radius 2 is 1.67 bits per heavy atom. The van der Waals surface area contributed by atoms with Gasteiger partial charge in [0.2, 0.25) is 0 Å². The number of benzene rings is 2. The number of carbonyl (C=O) groups is 1. The molecule has 0 spiro atoms. The van der Waals surface area contributed by atoms with E-state index in [0.29, 0.717) is 17.1 Å². The molecule has 0 aliphatic heterocycles. The fourth-order valence-corrected chi connectivity index (χ4v) is 4.93. The van der Waals surface area contributed by atoms with Crippen LogP contribution < -0.4 is 9.62 Å². The summed E-state index contributed by atoms with van der Waals surface area (Å²) in [4.78, 5) is 12.8. The lowest BCUT2D eigenvalue weighted by molar-refractivity contribution is 0.0958. The molecule has 0 fully saturated rings. The summed E-state index contributed by atoms with van der Waals surface area (Å²) in [6.45, 7) is 0.493. The number of hydrogen-bond donors (Lipinski definition) is 1. The molecule has 0 unspecified atom stereocenters. The third kappa shape index (κ3) is 4.56. The van der Waals surface area contributed by atoms with Crippen molar-refractivity contribution in [1.29, 1.82) is 0 Å². The molecule has 27 heavy (non-hydrogen) atoms. The minimum Gasteiger partial charge on any atom is -0.351 e. The summed E-state index contributed by atoms with van der Waals surface area (Å²) in [5, 5.41) is 4.34. The second-order valence-corrected chi connectivity index (χ2v) is 8.83. The van der Waals surface area contributed by atoms with Crippen molar-refractivity contribution in [3.8, 4) is 0 Å². The highest BCUT2D eigenvalue weighted by Gasteiger charge is 2.24. The van der Waals surface area contributed by atoms with E-state index < -0.39 is 10.0 Å². The molecular weight excluding hydrogens is 380 g/mol. The quantitative estimate of drug-likeness (QED) is 0.660. The standard InChI is InChI=1S/C20H20N2O3S2/c1-22(17-10-6-3-7-11-17)27(24,25)18-14-19(26-15-18)20(23)21-13-12-16-8-4-2-5-9-16/h2-11,14-15H,12-13H2,1H3,(H,21,23). The van der Waals surface area contributed by atoms with E-state index in [2.05, 4.69) is 5.32 Å². The summed E-state index contributed by atoms with van der Waals surface area (Å²) >= 11 is 1.13. The Hall–Kier alpha value is -2.64. The molecular formula is C20H20N2O3S2. The molecule has 140 valence electrons. The van der Waals surface area contributed by atoms with Gasteiger partial charge in [-0.15, -0.1) is 11.3 Å². The van der Waals surface area contributed by atoms with Crippen molar-refractivity contribution in [3.05, 3.63) is 82.6 Å². The number of sulfonamides is 1. The van der Waals surface area contributed by atoms with Crippen LogP contribution in [0.3, 0.4) is 0 Å². The topological polar surface area (TPSA) is 66.5 Å². The first-order chi connectivity index (χ1) is 13.0. The highest BCUT2D eigenvalue weighted by Crippen LogP contribution is 2.25. The first-order valence-corrected chi connectivity index (χ1v) is 10.7. The van der Waals surface area contributed by atoms with Crippen LogP contribution in [0.1, 0.15) is 15.2 Å². The van der Waals surface area contributed by atoms with E-state index in [1.807, 2.05) is 36.4 Å². The Bertz CT molecular complexity index is 1000. The van der Waals surface area contributed by atoms with Crippen LogP contribution >= 0.6 is 11.3 Å². The summed E-state index contributed by atoms with van der Waals surface area (Å²) in [5.74, 6) is -0.264. The van der Waals surface area contributed by atoms with Crippen molar-refractivity contribution in [2.75, 3.05) is 17.9 Å². The summed E-state index contributed by atoms with van der Waals surface area (Å²) in [5.41, 5.74) is 1.70. The number of nitrogens with one attached hydrogen (secondary N) is 1. The SMILES string of the molecule is CN(c1ccccc1)S(=O)(=O)c1csc(C(=O)NCCc2ccccc2)c1. The third-order valence-corrected chi connectivity index (χ3v) is 6.96. The van der Waals surface area contributed by atoms with Gasteiger partial charge >= 0.3 is 0 Å². The summed E-state index contributed by atoms with van der Waals surface area (Å²) < 4.78 is 26.8. The fraction of sp³-hybridized carbons (Fsp3) is 0.150. The zero-order valence-corrected chi connectivity index (χ0v) is 16.5. The second-order valence-electron chi connectivity index (χ2n) is 5.95. The molecule has 1 N–H and O–H groups in total. The number of para-hydroxylation sites is 1. The number of thiophene rings is 1. The lowest BCUT2D eigenvalue weighted by Crippen LogP contribution is -2.26. The Labute approximate surface area is 163 Å². The number of nitrogens with zero attached hydrogens (tertiary/aromatic N) is 1. The summed E-state index contributed by atoms with van der Waals surface area (Å²) in [7, 11) is -2.20. The predicted octanol–water partition coefficient (Wildman–Crippen LogP) is 3.55. The maximum Gasteiger partial charge on any atom is 0.264 e. The molecule has 7 heteroatoms. The second kappa shape index (κ2) is 8.37. The van der Waals surface area contributed by atoms with Gasteiger partial charge in [0.15, 0.2) is 0 Å². The number of rotatable bonds is 7. The van der Waals surface area contributed by atoms with Crippen LogP contribution in [0.4, 0.5) is 5.69 Å². The zero-order chi connectivity index (χ0) is 19.3. The van der Waals surface area contributed by atoms with E-state index in [9.17, 15) is 13.2 Å². The number of hydrogen-bond acceptors (Lipinski definition) is 4. The van der Waals surface area contributed by atoms with Crippen molar-refractivity contribution in [1.82, 2.24) is 5.32 Å². The largest absolute Gasteiger partial charge is 0.351 e. The lowest BCUT2D eigenvalue weighted by atomic mass is 10.1. The molecule has 0 saturated carbocycles. The molecule has 1 aromatic heterocycles. The molecule has 1 heterocycles. The van der Waals surface area contributed by atoms with Gasteiger partial charge in [0.25, 0.3) is 15.9 Å². The highest BCUT2D eigenvalue weighted by molar-refractivity contribution is 7.93. The van der Waals surface area contributed by atoms with Crippen LogP contribution in [0.15, 0.2) is 77.0 Å². The van der Waals surface area contributed by atoms with Crippen LogP contribution in [-0.4, -0.2) is 27.9 Å². The molecule has 0 atom stereocenters. The maximum atomic E-state index is 12.8. The number of amides is 1. The molecule has 0 bridgehead atoms. The Balaban J connectivity index is 1.65. The van der Waals surface area contributed by atoms with Gasteiger partial charge in [-0.05, 0) is 30.2 Å².